The van der Waals surface area contributed by atoms with Gasteiger partial charge in [0.25, 0.3) is 0 Å². The Hall–Kier alpha value is -0.683. The summed E-state index contributed by atoms with van der Waals surface area (Å²) in [6, 6.07) is 1.31. The average molecular weight is 366 g/mol. The highest BCUT2D eigenvalue weighted by atomic mass is 127. The Morgan fingerprint density at radius 1 is 1.41 bits per heavy atom. The Morgan fingerprint density at radius 2 is 2.00 bits per heavy atom. The molecule has 0 aliphatic rings. The molecule has 1 aromatic heterocycles. The molecule has 93 valence electrons. The van der Waals surface area contributed by atoms with Gasteiger partial charge in [0.1, 0.15) is 13.9 Å². The normalized spacial score (nSPS) is 11.9. The first-order valence-electron chi connectivity index (χ1n) is 4.95. The maximum Gasteiger partial charge on any atom is 0.161 e. The van der Waals surface area contributed by atoms with Gasteiger partial charge in [0.2, 0.25) is 0 Å². The van der Waals surface area contributed by atoms with Gasteiger partial charge >= 0.3 is 0 Å². The van der Waals surface area contributed by atoms with E-state index in [2.05, 4.69) is 36.1 Å². The molecule has 0 saturated heterocycles. The molecule has 0 spiro atoms. The van der Waals surface area contributed by atoms with E-state index in [4.69, 9.17) is 5.73 Å². The van der Waals surface area contributed by atoms with Crippen molar-refractivity contribution in [2.75, 3.05) is 5.73 Å². The van der Waals surface area contributed by atoms with Crippen LogP contribution in [0.25, 0.3) is 0 Å². The fourth-order valence-electron chi connectivity index (χ4n) is 0.985. The molecule has 1 rings (SSSR count). The van der Waals surface area contributed by atoms with Crippen molar-refractivity contribution in [2.24, 2.45) is 0 Å². The van der Waals surface area contributed by atoms with Crippen LogP contribution >= 0.6 is 0 Å². The molecule has 0 amide bonds. The summed E-state index contributed by atoms with van der Waals surface area (Å²) in [5, 5.41) is 0. The van der Waals surface area contributed by atoms with Gasteiger partial charge in [0.15, 0.2) is 3.93 Å². The van der Waals surface area contributed by atoms with Crippen LogP contribution in [-0.4, -0.2) is 13.1 Å². The Labute approximate surface area is 114 Å². The van der Waals surface area contributed by atoms with Crippen LogP contribution in [0.15, 0.2) is 12.3 Å². The third-order valence-corrected chi connectivity index (χ3v) is 3.32. The molecule has 0 unspecified atom stereocenters. The van der Waals surface area contributed by atoms with Gasteiger partial charge in [-0.15, -0.1) is 5.54 Å². The average Bonchev–Trinajstić information content (AvgIpc) is 2.13. The van der Waals surface area contributed by atoms with Crippen LogP contribution in [0.2, 0.25) is 19.6 Å². The van der Waals surface area contributed by atoms with Crippen LogP contribution in [-0.2, 0) is 3.93 Å². The zero-order valence-corrected chi connectivity index (χ0v) is 13.0. The SMILES string of the molecule is C[Si](C)(C)C#Cc1cc(C(F)(F)[I-])cnc1N. The number of hydrogen-bond acceptors (Lipinski definition) is 2. The molecule has 1 heterocycles. The molecule has 6 heteroatoms. The van der Waals surface area contributed by atoms with E-state index >= 15 is 0 Å². The Balaban J connectivity index is 3.20. The Morgan fingerprint density at radius 3 is 2.47 bits per heavy atom. The van der Waals surface area contributed by atoms with Crippen molar-refractivity contribution in [2.45, 2.75) is 23.6 Å². The summed E-state index contributed by atoms with van der Waals surface area (Å²) in [6.07, 6.45) is 1.08. The Bertz CT molecular complexity index is 481. The fourth-order valence-corrected chi connectivity index (χ4v) is 1.79. The standard InChI is InChI=1S/C11H13F2IN2Si/c1-17(2,3)5-4-8-6-9(11(12,13)14)7-16-10(8)15/h6-7H,1-3H3,(H2,15,16)/q-1. The van der Waals surface area contributed by atoms with Gasteiger partial charge in [-0.1, -0.05) is 25.6 Å². The van der Waals surface area contributed by atoms with Crippen molar-refractivity contribution in [3.8, 4) is 11.5 Å². The van der Waals surface area contributed by atoms with Crippen molar-refractivity contribution in [1.82, 2.24) is 4.98 Å². The molecule has 17 heavy (non-hydrogen) atoms. The molecular formula is C11H13F2IN2Si-. The van der Waals surface area contributed by atoms with Crippen molar-refractivity contribution in [1.29, 1.82) is 0 Å². The second-order valence-corrected chi connectivity index (χ2v) is 10.8. The molecule has 0 aromatic carbocycles. The van der Waals surface area contributed by atoms with Gasteiger partial charge in [0, 0.05) is 11.8 Å². The predicted molar refractivity (Wildman–Crippen MR) is 62.8 cm³/mol. The van der Waals surface area contributed by atoms with E-state index < -0.39 is 12.0 Å². The molecular weight excluding hydrogens is 353 g/mol. The lowest BCUT2D eigenvalue weighted by atomic mass is 10.2. The van der Waals surface area contributed by atoms with Crippen LogP contribution in [0.5, 0.6) is 0 Å². The smallest absolute Gasteiger partial charge is 0.161 e. The monoisotopic (exact) mass is 366 g/mol. The molecule has 0 bridgehead atoms. The number of nitrogen functional groups attached to an aromatic ring is 1. The minimum atomic E-state index is -2.95. The number of anilines is 1. The summed E-state index contributed by atoms with van der Waals surface area (Å²) in [5.41, 5.74) is 8.90. The summed E-state index contributed by atoms with van der Waals surface area (Å²) in [4.78, 5) is 3.75. The Kier molecular flexibility index (Phi) is 4.14. The van der Waals surface area contributed by atoms with E-state index in [0.717, 1.165) is 28.8 Å². The largest absolute Gasteiger partial charge is 0.709 e. The van der Waals surface area contributed by atoms with E-state index in [9.17, 15) is 8.78 Å². The van der Waals surface area contributed by atoms with E-state index in [1.165, 1.54) is 6.07 Å². The summed E-state index contributed by atoms with van der Waals surface area (Å²) < 4.78 is 23.3. The summed E-state index contributed by atoms with van der Waals surface area (Å²) in [7, 11) is -1.56. The van der Waals surface area contributed by atoms with E-state index in [-0.39, 0.29) is 11.4 Å². The van der Waals surface area contributed by atoms with Gasteiger partial charge in [-0.3, -0.25) is 0 Å². The minimum absolute atomic E-state index is 0.174. The first-order valence-corrected chi connectivity index (χ1v) is 9.53. The minimum Gasteiger partial charge on any atom is -0.709 e. The molecule has 0 fully saturated rings. The molecule has 2 N–H and O–H groups in total. The van der Waals surface area contributed by atoms with Gasteiger partial charge in [0.05, 0.1) is 5.56 Å². The summed E-state index contributed by atoms with van der Waals surface area (Å²) >= 11 is 1.06. The molecule has 0 aliphatic carbocycles. The number of halogens is 3. The quantitative estimate of drug-likeness (QED) is 0.315. The van der Waals surface area contributed by atoms with Crippen molar-refractivity contribution in [3.63, 3.8) is 0 Å². The van der Waals surface area contributed by atoms with Crippen molar-refractivity contribution in [3.05, 3.63) is 23.4 Å². The van der Waals surface area contributed by atoms with Crippen LogP contribution in [0.3, 0.4) is 0 Å². The van der Waals surface area contributed by atoms with Gasteiger partial charge in [-0.05, 0) is 6.07 Å². The highest BCUT2D eigenvalue weighted by Crippen LogP contribution is 2.20. The second kappa shape index (κ2) is 4.90. The van der Waals surface area contributed by atoms with E-state index in [0.29, 0.717) is 5.56 Å². The number of hydrogen-bond donors (Lipinski definition) is 1. The van der Waals surface area contributed by atoms with Crippen molar-refractivity contribution >= 4 is 13.9 Å². The molecule has 0 atom stereocenters. The number of nitrogens with two attached hydrogens (primary N) is 1. The maximum absolute atomic E-state index is 13.1. The third kappa shape index (κ3) is 4.59. The molecule has 2 nitrogen and oxygen atoms in total. The zero-order valence-electron chi connectivity index (χ0n) is 9.81. The maximum atomic E-state index is 13.1. The van der Waals surface area contributed by atoms with Crippen LogP contribution in [0.1, 0.15) is 11.1 Å². The van der Waals surface area contributed by atoms with Gasteiger partial charge < -0.3 is 28.3 Å². The molecule has 1 radical (unpaired) electrons. The lowest BCUT2D eigenvalue weighted by Gasteiger charge is -2.22. The second-order valence-electron chi connectivity index (χ2n) is 4.65. The van der Waals surface area contributed by atoms with Crippen molar-refractivity contribution < 1.29 is 31.4 Å². The number of aromatic nitrogens is 1. The fraction of sp³-hybridized carbons (Fsp3) is 0.364. The number of nitrogens with zero attached hydrogens (tertiary/aromatic N) is 1. The lowest BCUT2D eigenvalue weighted by Crippen LogP contribution is -3.40. The molecule has 0 aliphatic heterocycles. The summed E-state index contributed by atoms with van der Waals surface area (Å²) in [6.45, 7) is 6.21. The van der Waals surface area contributed by atoms with Crippen LogP contribution in [0, 0.1) is 11.5 Å². The third-order valence-electron chi connectivity index (χ3n) is 1.82. The first kappa shape index (κ1) is 14.4. The van der Waals surface area contributed by atoms with Gasteiger partial charge in [-0.2, -0.15) is 0 Å². The predicted octanol–water partition coefficient (Wildman–Crippen LogP) is -0.505. The van der Waals surface area contributed by atoms with Gasteiger partial charge in [-0.25, -0.2) is 13.8 Å². The molecule has 1 aromatic rings. The van der Waals surface area contributed by atoms with E-state index in [1.807, 2.05) is 0 Å². The van der Waals surface area contributed by atoms with E-state index in [1.54, 1.807) is 0 Å². The topological polar surface area (TPSA) is 38.9 Å². The highest BCUT2D eigenvalue weighted by molar-refractivity contribution is 6.83. The first-order chi connectivity index (χ1) is 7.59. The molecule has 0 saturated carbocycles. The summed E-state index contributed by atoms with van der Waals surface area (Å²) in [5.74, 6) is 3.05. The lowest BCUT2D eigenvalue weighted by molar-refractivity contribution is -0.583. The number of rotatable bonds is 1. The number of alkyl halides is 3. The highest BCUT2D eigenvalue weighted by Gasteiger charge is 2.16. The van der Waals surface area contributed by atoms with Crippen LogP contribution in [0.4, 0.5) is 14.6 Å². The zero-order chi connectivity index (χ0) is 13.3. The van der Waals surface area contributed by atoms with Crippen LogP contribution < -0.4 is 28.3 Å². The number of pyridine rings is 1.